The fourth-order valence-electron chi connectivity index (χ4n) is 4.78. The first kappa shape index (κ1) is 18.6. The summed E-state index contributed by atoms with van der Waals surface area (Å²) in [7, 11) is 0. The lowest BCUT2D eigenvalue weighted by molar-refractivity contribution is -0.152. The Bertz CT molecular complexity index is 893. The van der Waals surface area contributed by atoms with Crippen molar-refractivity contribution in [3.8, 4) is 5.75 Å². The fourth-order valence-corrected chi connectivity index (χ4v) is 4.78. The number of epoxide rings is 1. The SMILES string of the molecule is CC1(C)O[C@@H]2COc3ccccc3[C@@H]2N1C(=O)C(Cc1ccccc1)C[C@H]1CO1. The number of amides is 1. The van der Waals surface area contributed by atoms with E-state index < -0.39 is 5.72 Å². The van der Waals surface area contributed by atoms with Crippen molar-refractivity contribution in [2.24, 2.45) is 5.92 Å². The van der Waals surface area contributed by atoms with Gasteiger partial charge >= 0.3 is 0 Å². The average Bonchev–Trinajstić information content (AvgIpc) is 3.48. The molecule has 3 aliphatic rings. The number of ether oxygens (including phenoxy) is 3. The lowest BCUT2D eigenvalue weighted by Gasteiger charge is -2.38. The molecule has 0 bridgehead atoms. The zero-order chi connectivity index (χ0) is 20.0. The minimum atomic E-state index is -0.688. The van der Waals surface area contributed by atoms with Crippen LogP contribution in [0.1, 0.15) is 37.4 Å². The molecule has 1 unspecified atom stereocenters. The van der Waals surface area contributed by atoms with Gasteiger partial charge in [0, 0.05) is 11.5 Å². The highest BCUT2D eigenvalue weighted by molar-refractivity contribution is 5.81. The van der Waals surface area contributed by atoms with E-state index in [0.29, 0.717) is 13.0 Å². The zero-order valence-electron chi connectivity index (χ0n) is 16.9. The van der Waals surface area contributed by atoms with Crippen LogP contribution < -0.4 is 4.74 Å². The van der Waals surface area contributed by atoms with Gasteiger partial charge < -0.3 is 19.1 Å². The largest absolute Gasteiger partial charge is 0.490 e. The molecule has 2 aromatic rings. The zero-order valence-corrected chi connectivity index (χ0v) is 16.9. The summed E-state index contributed by atoms with van der Waals surface area (Å²) in [4.78, 5) is 15.9. The first-order valence-electron chi connectivity index (χ1n) is 10.4. The molecule has 2 aromatic carbocycles. The Morgan fingerprint density at radius 3 is 2.59 bits per heavy atom. The first-order chi connectivity index (χ1) is 14.0. The van der Waals surface area contributed by atoms with Crippen molar-refractivity contribution in [3.63, 3.8) is 0 Å². The molecule has 0 spiro atoms. The number of carbonyl (C=O) groups is 1. The van der Waals surface area contributed by atoms with Gasteiger partial charge in [-0.3, -0.25) is 4.79 Å². The molecule has 2 saturated heterocycles. The summed E-state index contributed by atoms with van der Waals surface area (Å²) in [6.45, 7) is 5.18. The van der Waals surface area contributed by atoms with Gasteiger partial charge in [-0.15, -0.1) is 0 Å². The third-order valence-electron chi connectivity index (χ3n) is 6.15. The lowest BCUT2D eigenvalue weighted by Crippen LogP contribution is -2.48. The van der Waals surface area contributed by atoms with Crippen LogP contribution in [0.3, 0.4) is 0 Å². The van der Waals surface area contributed by atoms with Gasteiger partial charge in [0.15, 0.2) is 0 Å². The van der Waals surface area contributed by atoms with E-state index in [1.54, 1.807) is 0 Å². The van der Waals surface area contributed by atoms with Crippen molar-refractivity contribution in [2.75, 3.05) is 13.2 Å². The molecule has 152 valence electrons. The molecular weight excluding hydrogens is 366 g/mol. The third-order valence-corrected chi connectivity index (χ3v) is 6.15. The smallest absolute Gasteiger partial charge is 0.228 e. The van der Waals surface area contributed by atoms with Crippen molar-refractivity contribution in [1.29, 1.82) is 0 Å². The molecule has 5 heteroatoms. The summed E-state index contributed by atoms with van der Waals surface area (Å²) in [6.07, 6.45) is 1.49. The van der Waals surface area contributed by atoms with Crippen molar-refractivity contribution < 1.29 is 19.0 Å². The predicted molar refractivity (Wildman–Crippen MR) is 108 cm³/mol. The highest BCUT2D eigenvalue weighted by Gasteiger charge is 2.54. The molecule has 3 heterocycles. The Balaban J connectivity index is 1.48. The minimum Gasteiger partial charge on any atom is -0.490 e. The van der Waals surface area contributed by atoms with Gasteiger partial charge in [0.2, 0.25) is 5.91 Å². The number of nitrogens with zero attached hydrogens (tertiary/aromatic N) is 1. The maximum absolute atomic E-state index is 13.9. The van der Waals surface area contributed by atoms with E-state index in [4.69, 9.17) is 14.2 Å². The fraction of sp³-hybridized carbons (Fsp3) is 0.458. The molecule has 0 N–H and O–H groups in total. The van der Waals surface area contributed by atoms with Gasteiger partial charge in [-0.05, 0) is 38.3 Å². The molecule has 1 amide bonds. The summed E-state index contributed by atoms with van der Waals surface area (Å²) in [5.41, 5.74) is 1.52. The molecule has 3 aliphatic heterocycles. The normalized spacial score (nSPS) is 27.5. The molecule has 0 aromatic heterocycles. The van der Waals surface area contributed by atoms with Gasteiger partial charge in [-0.2, -0.15) is 0 Å². The Morgan fingerprint density at radius 2 is 1.83 bits per heavy atom. The van der Waals surface area contributed by atoms with Gasteiger partial charge in [0.25, 0.3) is 0 Å². The molecule has 5 rings (SSSR count). The Labute approximate surface area is 171 Å². The van der Waals surface area contributed by atoms with E-state index in [1.807, 2.05) is 61.2 Å². The highest BCUT2D eigenvalue weighted by atomic mass is 16.6. The van der Waals surface area contributed by atoms with Crippen LogP contribution in [-0.4, -0.2) is 42.0 Å². The van der Waals surface area contributed by atoms with Crippen LogP contribution in [0.15, 0.2) is 54.6 Å². The Morgan fingerprint density at radius 1 is 1.10 bits per heavy atom. The molecule has 4 atom stereocenters. The van der Waals surface area contributed by atoms with Crippen LogP contribution in [-0.2, 0) is 20.7 Å². The van der Waals surface area contributed by atoms with Gasteiger partial charge in [0.05, 0.1) is 18.8 Å². The number of fused-ring (bicyclic) bond motifs is 3. The summed E-state index contributed by atoms with van der Waals surface area (Å²) in [6, 6.07) is 18.1. The Hall–Kier alpha value is -2.37. The van der Waals surface area contributed by atoms with E-state index >= 15 is 0 Å². The minimum absolute atomic E-state index is 0.124. The second-order valence-corrected chi connectivity index (χ2v) is 8.68. The average molecular weight is 393 g/mol. The van der Waals surface area contributed by atoms with Crippen molar-refractivity contribution in [1.82, 2.24) is 4.90 Å². The van der Waals surface area contributed by atoms with Crippen LogP contribution in [0.5, 0.6) is 5.75 Å². The van der Waals surface area contributed by atoms with Crippen LogP contribution >= 0.6 is 0 Å². The second kappa shape index (κ2) is 7.15. The number of para-hydroxylation sites is 1. The van der Waals surface area contributed by atoms with E-state index in [2.05, 4.69) is 12.1 Å². The maximum Gasteiger partial charge on any atom is 0.228 e. The molecular formula is C24H27NO4. The number of hydrogen-bond donors (Lipinski definition) is 0. The van der Waals surface area contributed by atoms with Crippen molar-refractivity contribution >= 4 is 5.91 Å². The molecule has 29 heavy (non-hydrogen) atoms. The Kier molecular flexibility index (Phi) is 4.60. The van der Waals surface area contributed by atoms with E-state index in [9.17, 15) is 4.79 Å². The monoisotopic (exact) mass is 393 g/mol. The second-order valence-electron chi connectivity index (χ2n) is 8.68. The standard InChI is InChI=1S/C24H27NO4/c1-24(2)25(22-19-10-6-7-11-20(19)28-15-21(22)29-24)23(26)17(13-18-14-27-18)12-16-8-4-3-5-9-16/h3-11,17-18,21-22H,12-15H2,1-2H3/t17?,18-,21+,22-/m0/s1. The van der Waals surface area contributed by atoms with Gasteiger partial charge in [-0.25, -0.2) is 0 Å². The van der Waals surface area contributed by atoms with Crippen LogP contribution in [0.25, 0.3) is 0 Å². The van der Waals surface area contributed by atoms with E-state index in [-0.39, 0.29) is 30.1 Å². The van der Waals surface area contributed by atoms with Gasteiger partial charge in [0.1, 0.15) is 24.2 Å². The summed E-state index contributed by atoms with van der Waals surface area (Å²) < 4.78 is 17.7. The first-order valence-corrected chi connectivity index (χ1v) is 10.4. The number of hydrogen-bond acceptors (Lipinski definition) is 4. The number of carbonyl (C=O) groups excluding carboxylic acids is 1. The topological polar surface area (TPSA) is 51.3 Å². The maximum atomic E-state index is 13.9. The van der Waals surface area contributed by atoms with Crippen LogP contribution in [0.4, 0.5) is 0 Å². The van der Waals surface area contributed by atoms with Crippen LogP contribution in [0, 0.1) is 5.92 Å². The summed E-state index contributed by atoms with van der Waals surface area (Å²) >= 11 is 0. The molecule has 0 saturated carbocycles. The van der Waals surface area contributed by atoms with E-state index in [1.165, 1.54) is 5.56 Å². The number of benzene rings is 2. The van der Waals surface area contributed by atoms with Crippen molar-refractivity contribution in [2.45, 2.75) is 50.7 Å². The van der Waals surface area contributed by atoms with E-state index in [0.717, 1.165) is 24.3 Å². The third kappa shape index (κ3) is 3.53. The summed E-state index contributed by atoms with van der Waals surface area (Å²) in [5.74, 6) is 0.845. The molecule has 0 aliphatic carbocycles. The molecule has 5 nitrogen and oxygen atoms in total. The number of rotatable bonds is 5. The van der Waals surface area contributed by atoms with Crippen LogP contribution in [0.2, 0.25) is 0 Å². The quantitative estimate of drug-likeness (QED) is 0.727. The van der Waals surface area contributed by atoms with Gasteiger partial charge in [-0.1, -0.05) is 48.5 Å². The molecule has 2 fully saturated rings. The predicted octanol–water partition coefficient (Wildman–Crippen LogP) is 3.73. The lowest BCUT2D eigenvalue weighted by atomic mass is 9.90. The van der Waals surface area contributed by atoms with Crippen molar-refractivity contribution in [3.05, 3.63) is 65.7 Å². The molecule has 0 radical (unpaired) electrons. The summed E-state index contributed by atoms with van der Waals surface area (Å²) in [5, 5.41) is 0. The highest BCUT2D eigenvalue weighted by Crippen LogP contribution is 2.48.